The van der Waals surface area contributed by atoms with E-state index in [4.69, 9.17) is 0 Å². The lowest BCUT2D eigenvalue weighted by molar-refractivity contribution is -0.144. The van der Waals surface area contributed by atoms with Gasteiger partial charge >= 0.3 is 5.97 Å². The van der Waals surface area contributed by atoms with E-state index < -0.39 is 11.5 Å². The summed E-state index contributed by atoms with van der Waals surface area (Å²) in [5.41, 5.74) is 0.923. The Morgan fingerprint density at radius 2 is 1.70 bits per heavy atom. The van der Waals surface area contributed by atoms with Crippen LogP contribution in [-0.4, -0.2) is 27.4 Å². The van der Waals surface area contributed by atoms with Gasteiger partial charge in [-0.15, -0.1) is 0 Å². The first kappa shape index (κ1) is 15.3. The Hall–Kier alpha value is -2.62. The molecule has 23 heavy (non-hydrogen) atoms. The molecule has 0 amide bonds. The number of aliphatic imine (C=N–C) groups is 1. The molecule has 1 aliphatic rings. The van der Waals surface area contributed by atoms with Crippen LogP contribution in [0.3, 0.4) is 0 Å². The average Bonchev–Trinajstić information content (AvgIpc) is 2.81. The fourth-order valence-electron chi connectivity index (χ4n) is 3.24. The fraction of sp³-hybridized carbons (Fsp3) is 0.263. The van der Waals surface area contributed by atoms with Crippen molar-refractivity contribution >= 4 is 11.8 Å². The van der Waals surface area contributed by atoms with Crippen LogP contribution >= 0.6 is 0 Å². The molecule has 1 N–H and O–H groups in total. The van der Waals surface area contributed by atoms with Gasteiger partial charge < -0.3 is 10.0 Å². The van der Waals surface area contributed by atoms with Crippen molar-refractivity contribution in [2.45, 2.75) is 32.0 Å². The zero-order chi connectivity index (χ0) is 16.4. The van der Waals surface area contributed by atoms with Gasteiger partial charge in [-0.05, 0) is 25.0 Å². The van der Waals surface area contributed by atoms with E-state index in [0.717, 1.165) is 17.0 Å². The second-order valence-corrected chi connectivity index (χ2v) is 6.04. The van der Waals surface area contributed by atoms with Gasteiger partial charge in [0.1, 0.15) is 0 Å². The van der Waals surface area contributed by atoms with E-state index in [2.05, 4.69) is 9.89 Å². The number of benzene rings is 2. The van der Waals surface area contributed by atoms with Gasteiger partial charge in [-0.2, -0.15) is 0 Å². The minimum Gasteiger partial charge on any atom is -0.479 e. The van der Waals surface area contributed by atoms with Crippen LogP contribution in [0.4, 0.5) is 0 Å². The summed E-state index contributed by atoms with van der Waals surface area (Å²) in [6.07, 6.45) is 0. The molecule has 0 fully saturated rings. The van der Waals surface area contributed by atoms with Crippen LogP contribution in [0.15, 0.2) is 65.7 Å². The molecule has 2 aromatic rings. The van der Waals surface area contributed by atoms with Gasteiger partial charge in [0.2, 0.25) is 0 Å². The predicted molar refractivity (Wildman–Crippen MR) is 90.3 cm³/mol. The van der Waals surface area contributed by atoms with E-state index in [0.29, 0.717) is 6.54 Å². The topological polar surface area (TPSA) is 52.9 Å². The van der Waals surface area contributed by atoms with Gasteiger partial charge in [0.15, 0.2) is 5.54 Å². The molecule has 0 saturated carbocycles. The molecule has 0 spiro atoms. The number of hydrogen-bond acceptors (Lipinski definition) is 3. The third-order valence-corrected chi connectivity index (χ3v) is 4.40. The van der Waals surface area contributed by atoms with E-state index in [-0.39, 0.29) is 6.04 Å². The predicted octanol–water partition coefficient (Wildman–Crippen LogP) is 3.51. The quantitative estimate of drug-likeness (QED) is 0.940. The summed E-state index contributed by atoms with van der Waals surface area (Å²) in [6.45, 7) is 4.22. The van der Waals surface area contributed by atoms with Crippen molar-refractivity contribution in [3.63, 3.8) is 0 Å². The summed E-state index contributed by atoms with van der Waals surface area (Å²) in [5.74, 6) is -0.145. The molecule has 1 heterocycles. The zero-order valence-electron chi connectivity index (χ0n) is 13.3. The van der Waals surface area contributed by atoms with E-state index in [1.807, 2.05) is 67.6 Å². The molecule has 4 nitrogen and oxygen atoms in total. The maximum absolute atomic E-state index is 11.9. The molecule has 0 aliphatic carbocycles. The molecule has 3 rings (SSSR count). The number of amidine groups is 1. The van der Waals surface area contributed by atoms with Crippen molar-refractivity contribution in [1.29, 1.82) is 0 Å². The molecule has 0 bridgehead atoms. The van der Waals surface area contributed by atoms with Crippen molar-refractivity contribution < 1.29 is 9.90 Å². The van der Waals surface area contributed by atoms with Crippen LogP contribution in [0.25, 0.3) is 0 Å². The molecule has 0 saturated heterocycles. The first-order chi connectivity index (χ1) is 11.0. The van der Waals surface area contributed by atoms with E-state index in [1.54, 1.807) is 6.92 Å². The minimum atomic E-state index is -1.18. The summed E-state index contributed by atoms with van der Waals surface area (Å²) < 4.78 is 0. The first-order valence-electron chi connectivity index (χ1n) is 7.68. The third kappa shape index (κ3) is 2.72. The van der Waals surface area contributed by atoms with E-state index in [9.17, 15) is 9.90 Å². The molecule has 4 heteroatoms. The summed E-state index contributed by atoms with van der Waals surface area (Å²) >= 11 is 0. The maximum Gasteiger partial charge on any atom is 0.333 e. The maximum atomic E-state index is 11.9. The second-order valence-electron chi connectivity index (χ2n) is 6.04. The lowest BCUT2D eigenvalue weighted by atomic mass is 9.87. The molecule has 2 atom stereocenters. The van der Waals surface area contributed by atoms with Crippen LogP contribution in [-0.2, 0) is 11.3 Å². The van der Waals surface area contributed by atoms with Crippen LogP contribution in [0, 0.1) is 0 Å². The minimum absolute atomic E-state index is 0.318. The zero-order valence-corrected chi connectivity index (χ0v) is 13.3. The van der Waals surface area contributed by atoms with Crippen LogP contribution in [0.2, 0.25) is 0 Å². The molecule has 0 radical (unpaired) electrons. The van der Waals surface area contributed by atoms with Gasteiger partial charge in [-0.1, -0.05) is 60.7 Å². The summed E-state index contributed by atoms with van der Waals surface area (Å²) in [4.78, 5) is 18.5. The molecule has 0 unspecified atom stereocenters. The van der Waals surface area contributed by atoms with E-state index in [1.165, 1.54) is 0 Å². The first-order valence-corrected chi connectivity index (χ1v) is 7.68. The number of nitrogens with zero attached hydrogens (tertiary/aromatic N) is 2. The lowest BCUT2D eigenvalue weighted by Crippen LogP contribution is -2.43. The van der Waals surface area contributed by atoms with Gasteiger partial charge in [0.05, 0.1) is 11.9 Å². The van der Waals surface area contributed by atoms with Crippen LogP contribution < -0.4 is 0 Å². The fourth-order valence-corrected chi connectivity index (χ4v) is 3.24. The molecule has 118 valence electrons. The highest BCUT2D eigenvalue weighted by Gasteiger charge is 2.50. The lowest BCUT2D eigenvalue weighted by Gasteiger charge is -2.33. The van der Waals surface area contributed by atoms with Gasteiger partial charge in [-0.3, -0.25) is 4.99 Å². The summed E-state index contributed by atoms with van der Waals surface area (Å²) in [7, 11) is 0. The third-order valence-electron chi connectivity index (χ3n) is 4.40. The van der Waals surface area contributed by atoms with Crippen LogP contribution in [0.5, 0.6) is 0 Å². The highest BCUT2D eigenvalue weighted by Crippen LogP contribution is 2.41. The average molecular weight is 308 g/mol. The van der Waals surface area contributed by atoms with Gasteiger partial charge in [-0.25, -0.2) is 4.79 Å². The Balaban J connectivity index is 2.03. The van der Waals surface area contributed by atoms with Crippen molar-refractivity contribution in [2.24, 2.45) is 4.99 Å². The Morgan fingerprint density at radius 3 is 2.26 bits per heavy atom. The molecular weight excluding hydrogens is 288 g/mol. The molecule has 0 aromatic heterocycles. The summed E-state index contributed by atoms with van der Waals surface area (Å²) in [5, 5.41) is 9.77. The van der Waals surface area contributed by atoms with E-state index >= 15 is 0 Å². The Labute approximate surface area is 136 Å². The second kappa shape index (κ2) is 5.88. The number of aliphatic carboxylic acids is 1. The van der Waals surface area contributed by atoms with Crippen molar-refractivity contribution in [3.05, 3.63) is 71.8 Å². The van der Waals surface area contributed by atoms with Gasteiger partial charge in [0.25, 0.3) is 0 Å². The molecular formula is C19H20N2O2. The van der Waals surface area contributed by atoms with Crippen molar-refractivity contribution in [1.82, 2.24) is 4.90 Å². The number of carboxylic acid groups (broad SMARTS) is 1. The SMILES string of the molecule is CC1=N[C@@](C)(C(=O)O)[C@H](c2ccccc2)N1Cc1ccccc1. The van der Waals surface area contributed by atoms with Crippen LogP contribution in [0.1, 0.15) is 31.0 Å². The van der Waals surface area contributed by atoms with Crippen molar-refractivity contribution in [3.8, 4) is 0 Å². The number of carboxylic acids is 1. The Kier molecular flexibility index (Phi) is 3.90. The van der Waals surface area contributed by atoms with Crippen molar-refractivity contribution in [2.75, 3.05) is 0 Å². The largest absolute Gasteiger partial charge is 0.479 e. The smallest absolute Gasteiger partial charge is 0.333 e. The standard InChI is InChI=1S/C19H20N2O2/c1-14-20-19(2,18(22)23)17(16-11-7-4-8-12-16)21(14)13-15-9-5-3-6-10-15/h3-12,17H,13H2,1-2H3,(H,22,23)/t17-,19+/m0/s1. The number of rotatable bonds is 4. The highest BCUT2D eigenvalue weighted by atomic mass is 16.4. The Bertz CT molecular complexity index is 728. The molecule has 1 aliphatic heterocycles. The van der Waals surface area contributed by atoms with Gasteiger partial charge in [0, 0.05) is 6.54 Å². The number of carbonyl (C=O) groups is 1. The Morgan fingerprint density at radius 1 is 1.13 bits per heavy atom. The summed E-state index contributed by atoms with van der Waals surface area (Å²) in [6, 6.07) is 19.5. The number of hydrogen-bond donors (Lipinski definition) is 1. The highest BCUT2D eigenvalue weighted by molar-refractivity contribution is 5.91. The monoisotopic (exact) mass is 308 g/mol. The normalized spacial score (nSPS) is 23.7. The molecule has 2 aromatic carbocycles.